The number of carbonyl (C=O) groups excluding carboxylic acids is 1. The van der Waals surface area contributed by atoms with Crippen LogP contribution in [0.4, 0.5) is 33.2 Å². The molecule has 0 N–H and O–H groups in total. The molecule has 174 valence electrons. The van der Waals surface area contributed by atoms with Crippen LogP contribution in [0.15, 0.2) is 71.7 Å². The summed E-state index contributed by atoms with van der Waals surface area (Å²) >= 11 is 0. The molecule has 3 aromatic rings. The van der Waals surface area contributed by atoms with Crippen molar-refractivity contribution in [1.82, 2.24) is 0 Å². The van der Waals surface area contributed by atoms with Crippen LogP contribution in [0, 0.1) is 10.1 Å². The Hall–Kier alpha value is -4.20. The number of aliphatic imine (C=N–C) groups is 1. The summed E-state index contributed by atoms with van der Waals surface area (Å²) in [7, 11) is 3.92. The number of benzene rings is 3. The zero-order valence-corrected chi connectivity index (χ0v) is 19.7. The number of anilines is 3. The van der Waals surface area contributed by atoms with Crippen molar-refractivity contribution in [2.75, 3.05) is 28.8 Å². The number of guanidine groups is 1. The summed E-state index contributed by atoms with van der Waals surface area (Å²) in [6, 6.07) is 19.5. The molecule has 3 aromatic carbocycles. The highest BCUT2D eigenvalue weighted by molar-refractivity contribution is 6.43. The first kappa shape index (κ1) is 23.0. The minimum atomic E-state index is -0.458. The van der Waals surface area contributed by atoms with Crippen molar-refractivity contribution in [3.05, 3.63) is 88.0 Å². The molecule has 1 aliphatic heterocycles. The highest BCUT2D eigenvalue weighted by Gasteiger charge is 2.44. The molecule has 8 nitrogen and oxygen atoms in total. The van der Waals surface area contributed by atoms with Gasteiger partial charge in [0.15, 0.2) is 0 Å². The van der Waals surface area contributed by atoms with Crippen LogP contribution in [0.1, 0.15) is 25.0 Å². The van der Waals surface area contributed by atoms with Gasteiger partial charge in [-0.2, -0.15) is 0 Å². The first-order valence-electron chi connectivity index (χ1n) is 11.2. The molecule has 1 heterocycles. The second-order valence-electron chi connectivity index (χ2n) is 8.18. The molecule has 0 radical (unpaired) electrons. The van der Waals surface area contributed by atoms with E-state index in [9.17, 15) is 14.9 Å². The maximum atomic E-state index is 13.3. The Kier molecular flexibility index (Phi) is 6.32. The maximum Gasteiger partial charge on any atom is 0.342 e. The van der Waals surface area contributed by atoms with Crippen molar-refractivity contribution in [2.24, 2.45) is 4.99 Å². The van der Waals surface area contributed by atoms with Gasteiger partial charge in [0, 0.05) is 31.9 Å². The number of non-ortho nitro benzene ring substituents is 1. The summed E-state index contributed by atoms with van der Waals surface area (Å²) in [6.45, 7) is 4.16. The molecule has 0 atom stereocenters. The lowest BCUT2D eigenvalue weighted by Crippen LogP contribution is -2.65. The summed E-state index contributed by atoms with van der Waals surface area (Å²) in [5, 5.41) is 11.1. The van der Waals surface area contributed by atoms with Gasteiger partial charge in [0.1, 0.15) is 0 Å². The largest absolute Gasteiger partial charge is 0.378 e. The van der Waals surface area contributed by atoms with E-state index >= 15 is 0 Å². The van der Waals surface area contributed by atoms with Crippen LogP contribution >= 0.6 is 0 Å². The van der Waals surface area contributed by atoms with E-state index in [1.54, 1.807) is 17.0 Å². The molecule has 8 heteroatoms. The molecule has 1 aliphatic rings. The number of amides is 2. The molecule has 1 saturated heterocycles. The average molecular weight is 458 g/mol. The molecule has 4 rings (SSSR count). The Labute approximate surface area is 198 Å². The van der Waals surface area contributed by atoms with Crippen LogP contribution in [0.25, 0.3) is 0 Å². The number of nitrogens with zero attached hydrogens (tertiary/aromatic N) is 5. The number of nitro benzene ring substituents is 1. The lowest BCUT2D eigenvalue weighted by Gasteiger charge is -2.42. The zero-order valence-electron chi connectivity index (χ0n) is 19.7. The monoisotopic (exact) mass is 457 g/mol. The van der Waals surface area contributed by atoms with Crippen LogP contribution in [0.2, 0.25) is 0 Å². The van der Waals surface area contributed by atoms with Crippen LogP contribution < -0.4 is 14.7 Å². The Bertz CT molecular complexity index is 1230. The third-order valence-electron chi connectivity index (χ3n) is 5.90. The van der Waals surface area contributed by atoms with Gasteiger partial charge in [-0.25, -0.2) is 19.6 Å². The molecule has 0 saturated carbocycles. The first-order chi connectivity index (χ1) is 16.3. The van der Waals surface area contributed by atoms with Gasteiger partial charge < -0.3 is 4.90 Å². The maximum absolute atomic E-state index is 13.3. The van der Waals surface area contributed by atoms with Gasteiger partial charge >= 0.3 is 6.03 Å². The van der Waals surface area contributed by atoms with E-state index in [0.29, 0.717) is 17.3 Å². The molecule has 34 heavy (non-hydrogen) atoms. The van der Waals surface area contributed by atoms with Crippen LogP contribution in [-0.4, -0.2) is 31.0 Å². The molecule has 2 amide bonds. The van der Waals surface area contributed by atoms with Crippen molar-refractivity contribution in [2.45, 2.75) is 26.7 Å². The fraction of sp³-hybridized carbons (Fsp3) is 0.231. The predicted molar refractivity (Wildman–Crippen MR) is 137 cm³/mol. The van der Waals surface area contributed by atoms with E-state index in [0.717, 1.165) is 35.3 Å². The van der Waals surface area contributed by atoms with E-state index in [1.165, 1.54) is 17.0 Å². The number of aryl methyl sites for hydroxylation is 2. The van der Waals surface area contributed by atoms with Gasteiger partial charge in [-0.15, -0.1) is 0 Å². The lowest BCUT2D eigenvalue weighted by atomic mass is 10.0. The molecule has 0 aliphatic carbocycles. The summed E-state index contributed by atoms with van der Waals surface area (Å²) < 4.78 is 0. The second kappa shape index (κ2) is 9.35. The fourth-order valence-electron chi connectivity index (χ4n) is 3.96. The van der Waals surface area contributed by atoms with E-state index in [2.05, 4.69) is 13.8 Å². The van der Waals surface area contributed by atoms with Gasteiger partial charge in [0.2, 0.25) is 5.96 Å². The summed E-state index contributed by atoms with van der Waals surface area (Å²) in [5.41, 5.74) is 5.28. The minimum absolute atomic E-state index is 0.0315. The van der Waals surface area contributed by atoms with Gasteiger partial charge in [-0.1, -0.05) is 32.0 Å². The molecule has 0 bridgehead atoms. The predicted octanol–water partition coefficient (Wildman–Crippen LogP) is 5.92. The SMILES string of the molecule is CCc1cccc(CC)c1N=C1N(c2ccc(N(C)C)cc2)C(=O)N1c1ccc([N+](=O)[O-])cc1. The van der Waals surface area contributed by atoms with Crippen LogP contribution in [0.3, 0.4) is 0 Å². The summed E-state index contributed by atoms with van der Waals surface area (Å²) in [6.07, 6.45) is 1.62. The summed E-state index contributed by atoms with van der Waals surface area (Å²) in [5.74, 6) is 0.465. The zero-order chi connectivity index (χ0) is 24.4. The van der Waals surface area contributed by atoms with Crippen molar-refractivity contribution in [3.63, 3.8) is 0 Å². The first-order valence-corrected chi connectivity index (χ1v) is 11.2. The van der Waals surface area contributed by atoms with Gasteiger partial charge in [-0.3, -0.25) is 10.1 Å². The smallest absolute Gasteiger partial charge is 0.342 e. The minimum Gasteiger partial charge on any atom is -0.378 e. The molecule has 0 spiro atoms. The Morgan fingerprint density at radius 1 is 0.853 bits per heavy atom. The molecular formula is C26H27N5O3. The Morgan fingerprint density at radius 3 is 1.79 bits per heavy atom. The number of nitro groups is 1. The lowest BCUT2D eigenvalue weighted by molar-refractivity contribution is -0.384. The van der Waals surface area contributed by atoms with Crippen molar-refractivity contribution >= 4 is 40.4 Å². The van der Waals surface area contributed by atoms with E-state index < -0.39 is 4.92 Å². The normalized spacial score (nSPS) is 14.4. The highest BCUT2D eigenvalue weighted by atomic mass is 16.6. The van der Waals surface area contributed by atoms with Crippen molar-refractivity contribution in [1.29, 1.82) is 0 Å². The molecule has 1 fully saturated rings. The van der Waals surface area contributed by atoms with Gasteiger partial charge in [0.25, 0.3) is 5.69 Å². The number of rotatable bonds is 7. The van der Waals surface area contributed by atoms with Crippen LogP contribution in [-0.2, 0) is 12.8 Å². The van der Waals surface area contributed by atoms with Crippen molar-refractivity contribution in [3.8, 4) is 0 Å². The van der Waals surface area contributed by atoms with Crippen molar-refractivity contribution < 1.29 is 9.72 Å². The molecule has 0 aromatic heterocycles. The Balaban J connectivity index is 1.82. The third-order valence-corrected chi connectivity index (χ3v) is 5.90. The van der Waals surface area contributed by atoms with E-state index in [1.807, 2.05) is 61.5 Å². The second-order valence-corrected chi connectivity index (χ2v) is 8.18. The average Bonchev–Trinajstić information content (AvgIpc) is 2.84. The fourth-order valence-corrected chi connectivity index (χ4v) is 3.96. The third kappa shape index (κ3) is 4.10. The quantitative estimate of drug-likeness (QED) is 0.326. The number of urea groups is 1. The number of para-hydroxylation sites is 1. The van der Waals surface area contributed by atoms with E-state index in [4.69, 9.17) is 4.99 Å². The highest BCUT2D eigenvalue weighted by Crippen LogP contribution is 2.35. The molecular weight excluding hydrogens is 430 g/mol. The standard InChI is InChI=1S/C26H27N5O3/c1-5-18-8-7-9-19(6-2)24(18)27-25-29(21-12-10-20(11-13-21)28(3)4)26(32)30(25)22-14-16-23(17-15-22)31(33)34/h7-17H,5-6H2,1-4H3. The topological polar surface area (TPSA) is 82.3 Å². The number of hydrogen-bond donors (Lipinski definition) is 0. The van der Waals surface area contributed by atoms with Gasteiger partial charge in [0.05, 0.1) is 22.0 Å². The number of carbonyl (C=O) groups is 1. The van der Waals surface area contributed by atoms with Crippen LogP contribution in [0.5, 0.6) is 0 Å². The Morgan fingerprint density at radius 2 is 1.35 bits per heavy atom. The molecule has 0 unspecified atom stereocenters. The van der Waals surface area contributed by atoms with Gasteiger partial charge in [-0.05, 0) is 60.4 Å². The van der Waals surface area contributed by atoms with E-state index in [-0.39, 0.29) is 11.7 Å². The number of hydrogen-bond acceptors (Lipinski definition) is 5. The summed E-state index contributed by atoms with van der Waals surface area (Å²) in [4.78, 5) is 34.0.